The fourth-order valence-electron chi connectivity index (χ4n) is 4.90. The molecule has 0 saturated heterocycles. The molecular weight excluding hydrogens is 204 g/mol. The van der Waals surface area contributed by atoms with Gasteiger partial charge in [0, 0.05) is 7.11 Å². The number of carbonyl (C=O) groups is 1. The summed E-state index contributed by atoms with van der Waals surface area (Å²) < 4.78 is 10.7. The van der Waals surface area contributed by atoms with Crippen LogP contribution in [0.2, 0.25) is 0 Å². The van der Waals surface area contributed by atoms with E-state index in [1.807, 2.05) is 0 Å². The maximum atomic E-state index is 12.1. The quantitative estimate of drug-likeness (QED) is 0.673. The average molecular weight is 224 g/mol. The van der Waals surface area contributed by atoms with Crippen LogP contribution in [-0.4, -0.2) is 26.3 Å². The Labute approximate surface area is 96.5 Å². The summed E-state index contributed by atoms with van der Waals surface area (Å²) in [6.07, 6.45) is 5.93. The molecule has 3 nitrogen and oxygen atoms in total. The van der Waals surface area contributed by atoms with Crippen LogP contribution < -0.4 is 0 Å². The van der Waals surface area contributed by atoms with Gasteiger partial charge in [-0.25, -0.2) is 0 Å². The number of carbonyl (C=O) groups excluding carboxylic acids is 1. The van der Waals surface area contributed by atoms with Gasteiger partial charge in [0.2, 0.25) is 0 Å². The zero-order valence-electron chi connectivity index (χ0n) is 10.1. The molecular formula is C13H20O3. The molecule has 0 aromatic rings. The molecule has 4 aliphatic rings. The Morgan fingerprint density at radius 1 is 1.12 bits per heavy atom. The highest BCUT2D eigenvalue weighted by molar-refractivity contribution is 5.78. The lowest BCUT2D eigenvalue weighted by Crippen LogP contribution is -2.60. The molecule has 3 atom stereocenters. The molecule has 0 spiro atoms. The Morgan fingerprint density at radius 3 is 2.25 bits per heavy atom. The summed E-state index contributed by atoms with van der Waals surface area (Å²) in [5.74, 6) is 2.04. The third-order valence-electron chi connectivity index (χ3n) is 5.06. The minimum atomic E-state index is -0.307. The monoisotopic (exact) mass is 224 g/mol. The highest BCUT2D eigenvalue weighted by Crippen LogP contribution is 2.61. The van der Waals surface area contributed by atoms with Gasteiger partial charge in [-0.1, -0.05) is 0 Å². The largest absolute Gasteiger partial charge is 0.469 e. The molecule has 4 saturated carbocycles. The van der Waals surface area contributed by atoms with Gasteiger partial charge in [-0.05, 0) is 49.9 Å². The van der Waals surface area contributed by atoms with Crippen molar-refractivity contribution in [2.45, 2.75) is 38.2 Å². The predicted molar refractivity (Wildman–Crippen MR) is 58.8 cm³/mol. The lowest BCUT2D eigenvalue weighted by molar-refractivity contribution is -0.200. The van der Waals surface area contributed by atoms with Gasteiger partial charge in [0.25, 0.3) is 0 Å². The summed E-state index contributed by atoms with van der Waals surface area (Å²) in [4.78, 5) is 12.1. The smallest absolute Gasteiger partial charge is 0.314 e. The standard InChI is InChI=1S/C13H20O3/c1-15-11-10-4-8-3-9(5-10)7-13(11,6-8)12(14)16-2/h8-11H,3-7H2,1-2H3. The Hall–Kier alpha value is -0.570. The zero-order chi connectivity index (χ0) is 11.3. The number of rotatable bonds is 2. The van der Waals surface area contributed by atoms with Crippen molar-refractivity contribution in [1.82, 2.24) is 0 Å². The van der Waals surface area contributed by atoms with E-state index in [1.165, 1.54) is 26.4 Å². The van der Waals surface area contributed by atoms with E-state index in [9.17, 15) is 4.79 Å². The second-order valence-electron chi connectivity index (χ2n) is 5.91. The zero-order valence-corrected chi connectivity index (χ0v) is 10.1. The summed E-state index contributed by atoms with van der Waals surface area (Å²) in [6, 6.07) is 0. The number of methoxy groups -OCH3 is 2. The van der Waals surface area contributed by atoms with E-state index in [-0.39, 0.29) is 17.5 Å². The molecule has 0 radical (unpaired) electrons. The normalized spacial score (nSPS) is 49.4. The van der Waals surface area contributed by atoms with E-state index in [2.05, 4.69) is 0 Å². The van der Waals surface area contributed by atoms with Crippen LogP contribution in [0.3, 0.4) is 0 Å². The Bertz CT molecular complexity index is 298. The lowest BCUT2D eigenvalue weighted by atomic mass is 9.48. The molecule has 0 N–H and O–H groups in total. The van der Waals surface area contributed by atoms with Gasteiger partial charge in [-0.2, -0.15) is 0 Å². The Balaban J connectivity index is 1.97. The minimum absolute atomic E-state index is 0.0292. The van der Waals surface area contributed by atoms with Crippen molar-refractivity contribution < 1.29 is 14.3 Å². The molecule has 0 amide bonds. The van der Waals surface area contributed by atoms with E-state index in [0.717, 1.165) is 24.7 Å². The summed E-state index contributed by atoms with van der Waals surface area (Å²) in [5.41, 5.74) is -0.307. The molecule has 16 heavy (non-hydrogen) atoms. The third kappa shape index (κ3) is 1.21. The molecule has 4 aliphatic carbocycles. The number of ether oxygens (including phenoxy) is 2. The summed E-state index contributed by atoms with van der Waals surface area (Å²) in [5, 5.41) is 0. The molecule has 4 fully saturated rings. The van der Waals surface area contributed by atoms with Crippen LogP contribution in [0.1, 0.15) is 32.1 Å². The highest BCUT2D eigenvalue weighted by Gasteiger charge is 2.61. The molecule has 0 aliphatic heterocycles. The first kappa shape index (κ1) is 10.6. The lowest BCUT2D eigenvalue weighted by Gasteiger charge is -2.58. The second kappa shape index (κ2) is 3.46. The van der Waals surface area contributed by atoms with Crippen molar-refractivity contribution in [3.63, 3.8) is 0 Å². The van der Waals surface area contributed by atoms with Crippen molar-refractivity contribution in [3.8, 4) is 0 Å². The predicted octanol–water partition coefficient (Wildman–Crippen LogP) is 2.00. The summed E-state index contributed by atoms with van der Waals surface area (Å²) in [6.45, 7) is 0. The van der Waals surface area contributed by atoms with Crippen molar-refractivity contribution in [1.29, 1.82) is 0 Å². The van der Waals surface area contributed by atoms with E-state index >= 15 is 0 Å². The minimum Gasteiger partial charge on any atom is -0.469 e. The van der Waals surface area contributed by atoms with Gasteiger partial charge in [0.15, 0.2) is 0 Å². The SMILES string of the molecule is COC(=O)C12CC3CC(CC(C3)C1OC)C2. The van der Waals surface area contributed by atoms with Crippen molar-refractivity contribution >= 4 is 5.97 Å². The van der Waals surface area contributed by atoms with Gasteiger partial charge in [-0.15, -0.1) is 0 Å². The molecule has 4 bridgehead atoms. The van der Waals surface area contributed by atoms with Crippen LogP contribution in [0.5, 0.6) is 0 Å². The molecule has 3 unspecified atom stereocenters. The first-order chi connectivity index (χ1) is 7.69. The molecule has 0 aromatic carbocycles. The molecule has 90 valence electrons. The van der Waals surface area contributed by atoms with Gasteiger partial charge in [-0.3, -0.25) is 4.79 Å². The Kier molecular flexibility index (Phi) is 2.29. The highest BCUT2D eigenvalue weighted by atomic mass is 16.5. The van der Waals surface area contributed by atoms with Crippen LogP contribution in [0.25, 0.3) is 0 Å². The second-order valence-corrected chi connectivity index (χ2v) is 5.91. The van der Waals surface area contributed by atoms with Crippen LogP contribution in [0, 0.1) is 23.2 Å². The van der Waals surface area contributed by atoms with Crippen molar-refractivity contribution in [2.75, 3.05) is 14.2 Å². The Morgan fingerprint density at radius 2 is 1.75 bits per heavy atom. The topological polar surface area (TPSA) is 35.5 Å². The van der Waals surface area contributed by atoms with E-state index in [1.54, 1.807) is 7.11 Å². The number of hydrogen-bond acceptors (Lipinski definition) is 3. The average Bonchev–Trinajstić information content (AvgIpc) is 2.27. The van der Waals surface area contributed by atoms with Crippen molar-refractivity contribution in [2.24, 2.45) is 23.2 Å². The maximum absolute atomic E-state index is 12.1. The van der Waals surface area contributed by atoms with Crippen molar-refractivity contribution in [3.05, 3.63) is 0 Å². The summed E-state index contributed by atoms with van der Waals surface area (Å²) >= 11 is 0. The first-order valence-corrected chi connectivity index (χ1v) is 6.31. The van der Waals surface area contributed by atoms with E-state index in [0.29, 0.717) is 5.92 Å². The molecule has 3 heteroatoms. The fraction of sp³-hybridized carbons (Fsp3) is 0.923. The maximum Gasteiger partial charge on any atom is 0.314 e. The van der Waals surface area contributed by atoms with Gasteiger partial charge in [0.05, 0.1) is 18.6 Å². The van der Waals surface area contributed by atoms with Crippen LogP contribution in [0.15, 0.2) is 0 Å². The fourth-order valence-corrected chi connectivity index (χ4v) is 4.90. The molecule has 0 heterocycles. The molecule has 0 aromatic heterocycles. The molecule has 4 rings (SSSR count). The van der Waals surface area contributed by atoms with E-state index in [4.69, 9.17) is 9.47 Å². The van der Waals surface area contributed by atoms with Crippen LogP contribution >= 0.6 is 0 Å². The van der Waals surface area contributed by atoms with Crippen LogP contribution in [0.4, 0.5) is 0 Å². The first-order valence-electron chi connectivity index (χ1n) is 6.31. The van der Waals surface area contributed by atoms with Gasteiger partial charge >= 0.3 is 5.97 Å². The number of hydrogen-bond donors (Lipinski definition) is 0. The number of esters is 1. The van der Waals surface area contributed by atoms with Gasteiger partial charge in [0.1, 0.15) is 0 Å². The summed E-state index contributed by atoms with van der Waals surface area (Å²) in [7, 11) is 3.26. The third-order valence-corrected chi connectivity index (χ3v) is 5.06. The van der Waals surface area contributed by atoms with Gasteiger partial charge < -0.3 is 9.47 Å². The van der Waals surface area contributed by atoms with Crippen LogP contribution in [-0.2, 0) is 14.3 Å². The van der Waals surface area contributed by atoms with E-state index < -0.39 is 0 Å².